The van der Waals surface area contributed by atoms with Crippen LogP contribution in [0.1, 0.15) is 34.3 Å². The number of imide groups is 1. The molecule has 3 amide bonds. The molecule has 0 aromatic heterocycles. The molecule has 1 aliphatic carbocycles. The van der Waals surface area contributed by atoms with Gasteiger partial charge in [0, 0.05) is 5.69 Å². The van der Waals surface area contributed by atoms with Gasteiger partial charge in [-0.1, -0.05) is 24.3 Å². The number of ether oxygens (including phenoxy) is 1. The van der Waals surface area contributed by atoms with Gasteiger partial charge in [0.2, 0.25) is 11.8 Å². The van der Waals surface area contributed by atoms with Crippen molar-refractivity contribution in [3.05, 3.63) is 71.3 Å². The van der Waals surface area contributed by atoms with E-state index in [2.05, 4.69) is 5.32 Å². The molecule has 2 aliphatic rings. The molecule has 2 aromatic carbocycles. The fraction of sp³-hybridized carbons (Fsp3) is 0.280. The van der Waals surface area contributed by atoms with Crippen LogP contribution in [0.15, 0.2) is 54.6 Å². The van der Waals surface area contributed by atoms with Crippen LogP contribution in [0.2, 0.25) is 0 Å². The van der Waals surface area contributed by atoms with Crippen molar-refractivity contribution in [3.8, 4) is 0 Å². The van der Waals surface area contributed by atoms with Gasteiger partial charge in [-0.3, -0.25) is 19.3 Å². The number of nitrogens with zero attached hydrogens (tertiary/aromatic N) is 1. The van der Waals surface area contributed by atoms with Crippen LogP contribution >= 0.6 is 0 Å². The van der Waals surface area contributed by atoms with E-state index in [1.54, 1.807) is 12.1 Å². The van der Waals surface area contributed by atoms with Crippen molar-refractivity contribution < 1.29 is 23.9 Å². The number of amides is 3. The third kappa shape index (κ3) is 4.32. The minimum atomic E-state index is -0.708. The third-order valence-corrected chi connectivity index (χ3v) is 5.69. The van der Waals surface area contributed by atoms with Crippen molar-refractivity contribution >= 4 is 35.1 Å². The van der Waals surface area contributed by atoms with Crippen LogP contribution in [0.4, 0.5) is 11.4 Å². The molecular weight excluding hydrogens is 408 g/mol. The first-order valence-corrected chi connectivity index (χ1v) is 10.5. The van der Waals surface area contributed by atoms with Crippen molar-refractivity contribution in [3.63, 3.8) is 0 Å². The van der Waals surface area contributed by atoms with Crippen LogP contribution in [-0.2, 0) is 19.1 Å². The lowest BCUT2D eigenvalue weighted by Gasteiger charge is -2.15. The monoisotopic (exact) mass is 432 g/mol. The number of esters is 1. The Balaban J connectivity index is 1.41. The maximum Gasteiger partial charge on any atom is 0.338 e. The number of benzene rings is 2. The van der Waals surface area contributed by atoms with Gasteiger partial charge in [-0.25, -0.2) is 4.79 Å². The van der Waals surface area contributed by atoms with Gasteiger partial charge in [0.05, 0.1) is 23.1 Å². The molecule has 32 heavy (non-hydrogen) atoms. The number of nitrogens with one attached hydrogen (secondary N) is 1. The Morgan fingerprint density at radius 2 is 1.59 bits per heavy atom. The number of hydrogen-bond donors (Lipinski definition) is 1. The number of carbonyl (C=O) groups is 4. The molecule has 0 radical (unpaired) electrons. The predicted molar refractivity (Wildman–Crippen MR) is 119 cm³/mol. The number of rotatable bonds is 5. The summed E-state index contributed by atoms with van der Waals surface area (Å²) in [5.74, 6) is -2.36. The van der Waals surface area contributed by atoms with Crippen LogP contribution in [-0.4, -0.2) is 30.3 Å². The molecule has 164 valence electrons. The number of aryl methyl sites for hydroxylation is 2. The zero-order valence-corrected chi connectivity index (χ0v) is 18.0. The summed E-state index contributed by atoms with van der Waals surface area (Å²) in [5, 5.41) is 2.71. The first kappa shape index (κ1) is 21.5. The van der Waals surface area contributed by atoms with Gasteiger partial charge in [0.15, 0.2) is 6.61 Å². The average molecular weight is 432 g/mol. The quantitative estimate of drug-likeness (QED) is 0.443. The number of allylic oxidation sites excluding steroid dienone is 2. The molecule has 1 heterocycles. The number of carbonyl (C=O) groups excluding carboxylic acids is 4. The Morgan fingerprint density at radius 3 is 2.22 bits per heavy atom. The first-order valence-electron chi connectivity index (χ1n) is 10.5. The molecular formula is C25H24N2O5. The highest BCUT2D eigenvalue weighted by atomic mass is 16.5. The summed E-state index contributed by atoms with van der Waals surface area (Å²) in [6.07, 6.45) is 4.94. The smallest absolute Gasteiger partial charge is 0.338 e. The SMILES string of the molecule is Cc1cc(C)cc(NC(=O)COC(=O)c2cccc(N3C(=O)[C@H]4CC=CC[C@@H]4C3=O)c2)c1. The normalized spacial score (nSPS) is 19.6. The van der Waals surface area contributed by atoms with Gasteiger partial charge >= 0.3 is 5.97 Å². The minimum Gasteiger partial charge on any atom is -0.452 e. The Morgan fingerprint density at radius 1 is 0.969 bits per heavy atom. The largest absolute Gasteiger partial charge is 0.452 e. The van der Waals surface area contributed by atoms with E-state index in [0.717, 1.165) is 16.0 Å². The summed E-state index contributed by atoms with van der Waals surface area (Å²) < 4.78 is 5.14. The summed E-state index contributed by atoms with van der Waals surface area (Å²) in [5.41, 5.74) is 3.15. The lowest BCUT2D eigenvalue weighted by molar-refractivity contribution is -0.122. The van der Waals surface area contributed by atoms with E-state index in [9.17, 15) is 19.2 Å². The highest BCUT2D eigenvalue weighted by molar-refractivity contribution is 6.22. The van der Waals surface area contributed by atoms with Crippen molar-refractivity contribution in [1.29, 1.82) is 0 Å². The fourth-order valence-corrected chi connectivity index (χ4v) is 4.29. The van der Waals surface area contributed by atoms with Gasteiger partial charge in [-0.15, -0.1) is 0 Å². The Hall–Kier alpha value is -3.74. The van der Waals surface area contributed by atoms with Crippen LogP contribution < -0.4 is 10.2 Å². The highest BCUT2D eigenvalue weighted by Crippen LogP contribution is 2.37. The second-order valence-electron chi connectivity index (χ2n) is 8.22. The van der Waals surface area contributed by atoms with Gasteiger partial charge in [-0.2, -0.15) is 0 Å². The van der Waals surface area contributed by atoms with Crippen molar-refractivity contribution in [2.75, 3.05) is 16.8 Å². The molecule has 7 nitrogen and oxygen atoms in total. The number of hydrogen-bond acceptors (Lipinski definition) is 5. The molecule has 1 saturated heterocycles. The van der Waals surface area contributed by atoms with Gasteiger partial charge in [0.1, 0.15) is 0 Å². The van der Waals surface area contributed by atoms with Crippen molar-refractivity contribution in [2.24, 2.45) is 11.8 Å². The lowest BCUT2D eigenvalue weighted by atomic mass is 9.85. The van der Waals surface area contributed by atoms with E-state index in [-0.39, 0.29) is 29.2 Å². The van der Waals surface area contributed by atoms with E-state index in [0.29, 0.717) is 24.2 Å². The van der Waals surface area contributed by atoms with Gasteiger partial charge in [-0.05, 0) is 68.1 Å². The molecule has 2 atom stereocenters. The molecule has 2 aromatic rings. The summed E-state index contributed by atoms with van der Waals surface area (Å²) in [6, 6.07) is 11.8. The molecule has 7 heteroatoms. The van der Waals surface area contributed by atoms with E-state index in [1.165, 1.54) is 12.1 Å². The molecule has 0 spiro atoms. The molecule has 0 saturated carbocycles. The Kier molecular flexibility index (Phi) is 5.90. The van der Waals surface area contributed by atoms with Crippen LogP contribution in [0, 0.1) is 25.7 Å². The zero-order valence-electron chi connectivity index (χ0n) is 18.0. The lowest BCUT2D eigenvalue weighted by Crippen LogP contribution is -2.31. The zero-order chi connectivity index (χ0) is 22.8. The van der Waals surface area contributed by atoms with E-state index in [4.69, 9.17) is 4.74 Å². The molecule has 0 unspecified atom stereocenters. The predicted octanol–water partition coefficient (Wildman–Crippen LogP) is 3.55. The van der Waals surface area contributed by atoms with E-state index >= 15 is 0 Å². The standard InChI is InChI=1S/C25H24N2O5/c1-15-10-16(2)12-18(11-15)26-22(28)14-32-25(31)17-6-5-7-19(13-17)27-23(29)20-8-3-4-9-21(20)24(27)30/h3-7,10-13,20-21H,8-9,14H2,1-2H3,(H,26,28)/t20-,21-/m0/s1. The highest BCUT2D eigenvalue weighted by Gasteiger charge is 2.47. The molecule has 1 N–H and O–H groups in total. The first-order chi connectivity index (χ1) is 15.3. The van der Waals surface area contributed by atoms with Crippen LogP contribution in [0.3, 0.4) is 0 Å². The van der Waals surface area contributed by atoms with Gasteiger partial charge < -0.3 is 10.1 Å². The van der Waals surface area contributed by atoms with Crippen molar-refractivity contribution in [2.45, 2.75) is 26.7 Å². The second-order valence-corrected chi connectivity index (χ2v) is 8.22. The van der Waals surface area contributed by atoms with Gasteiger partial charge in [0.25, 0.3) is 5.91 Å². The Labute approximate surface area is 186 Å². The topological polar surface area (TPSA) is 92.8 Å². The third-order valence-electron chi connectivity index (χ3n) is 5.69. The molecule has 0 bridgehead atoms. The number of anilines is 2. The maximum absolute atomic E-state index is 12.8. The summed E-state index contributed by atoms with van der Waals surface area (Å²) in [4.78, 5) is 51.4. The van der Waals surface area contributed by atoms with E-state index < -0.39 is 18.5 Å². The maximum atomic E-state index is 12.8. The van der Waals surface area contributed by atoms with Crippen LogP contribution in [0.5, 0.6) is 0 Å². The molecule has 1 fully saturated rings. The Bertz CT molecular complexity index is 1090. The molecule has 4 rings (SSSR count). The second kappa shape index (κ2) is 8.78. The fourth-order valence-electron chi connectivity index (χ4n) is 4.29. The summed E-state index contributed by atoms with van der Waals surface area (Å²) >= 11 is 0. The van der Waals surface area contributed by atoms with Crippen LogP contribution in [0.25, 0.3) is 0 Å². The molecule has 1 aliphatic heterocycles. The average Bonchev–Trinajstić information content (AvgIpc) is 3.02. The summed E-state index contributed by atoms with van der Waals surface area (Å²) in [7, 11) is 0. The minimum absolute atomic E-state index is 0.162. The summed E-state index contributed by atoms with van der Waals surface area (Å²) in [6.45, 7) is 3.40. The van der Waals surface area contributed by atoms with Crippen molar-refractivity contribution in [1.82, 2.24) is 0 Å². The number of fused-ring (bicyclic) bond motifs is 1. The van der Waals surface area contributed by atoms with E-state index in [1.807, 2.05) is 44.2 Å².